The van der Waals surface area contributed by atoms with Gasteiger partial charge in [-0.3, -0.25) is 0 Å². The largest absolute Gasteiger partial charge is 0.465 e. The lowest BCUT2D eigenvalue weighted by molar-refractivity contribution is 0.0606. The van der Waals surface area contributed by atoms with Gasteiger partial charge in [-0.05, 0) is 0 Å². The molecule has 18 heavy (non-hydrogen) atoms. The van der Waals surface area contributed by atoms with Crippen LogP contribution in [0.15, 0.2) is 4.52 Å². The van der Waals surface area contributed by atoms with E-state index < -0.39 is 5.97 Å². The van der Waals surface area contributed by atoms with E-state index >= 15 is 0 Å². The number of halogens is 1. The van der Waals surface area contributed by atoms with Crippen molar-refractivity contribution in [3.63, 3.8) is 0 Å². The molecule has 0 aliphatic carbocycles. The topological polar surface area (TPSA) is 90.1 Å². The fourth-order valence-electron chi connectivity index (χ4n) is 1.16. The van der Waals surface area contributed by atoms with E-state index in [1.807, 2.05) is 0 Å². The van der Waals surface area contributed by atoms with Gasteiger partial charge in [0, 0.05) is 6.92 Å². The van der Waals surface area contributed by atoms with E-state index in [1.165, 1.54) is 7.11 Å². The minimum atomic E-state index is -0.513. The zero-order chi connectivity index (χ0) is 13.1. The zero-order valence-electron chi connectivity index (χ0n) is 9.56. The second-order valence-corrected chi connectivity index (χ2v) is 4.57. The van der Waals surface area contributed by atoms with E-state index in [-0.39, 0.29) is 10.0 Å². The first-order valence-corrected chi connectivity index (χ1v) is 6.07. The molecule has 1 N–H and O–H groups in total. The molecule has 2 rings (SSSR count). The predicted octanol–water partition coefficient (Wildman–Crippen LogP) is 1.89. The lowest BCUT2D eigenvalue weighted by atomic mass is 10.6. The van der Waals surface area contributed by atoms with Gasteiger partial charge in [0.15, 0.2) is 21.0 Å². The Kier molecular flexibility index (Phi) is 3.78. The Morgan fingerprint density at radius 3 is 2.94 bits per heavy atom. The number of carbonyl (C=O) groups is 1. The Morgan fingerprint density at radius 1 is 1.56 bits per heavy atom. The van der Waals surface area contributed by atoms with Gasteiger partial charge < -0.3 is 14.6 Å². The molecule has 2 aromatic heterocycles. The van der Waals surface area contributed by atoms with Crippen LogP contribution >= 0.6 is 22.9 Å². The molecule has 0 fully saturated rings. The van der Waals surface area contributed by atoms with E-state index in [0.717, 1.165) is 11.3 Å². The first-order valence-electron chi connectivity index (χ1n) is 4.88. The van der Waals surface area contributed by atoms with Gasteiger partial charge in [-0.25, -0.2) is 9.78 Å². The van der Waals surface area contributed by atoms with Crippen molar-refractivity contribution in [3.05, 3.63) is 21.7 Å². The molecule has 0 atom stereocenters. The van der Waals surface area contributed by atoms with Gasteiger partial charge in [0.25, 0.3) is 0 Å². The van der Waals surface area contributed by atoms with Crippen LogP contribution in [-0.4, -0.2) is 28.2 Å². The summed E-state index contributed by atoms with van der Waals surface area (Å²) in [7, 11) is 1.29. The summed E-state index contributed by atoms with van der Waals surface area (Å²) in [4.78, 5) is 19.6. The van der Waals surface area contributed by atoms with Gasteiger partial charge in [-0.1, -0.05) is 28.1 Å². The summed E-state index contributed by atoms with van der Waals surface area (Å²) >= 11 is 6.92. The number of hydrogen-bond donors (Lipinski definition) is 1. The van der Waals surface area contributed by atoms with Crippen LogP contribution in [0.2, 0.25) is 5.15 Å². The average molecular weight is 289 g/mol. The van der Waals surface area contributed by atoms with Gasteiger partial charge in [-0.2, -0.15) is 4.98 Å². The molecule has 0 bridgehead atoms. The third-order valence-corrected chi connectivity index (χ3v) is 3.30. The number of ether oxygens (including phenoxy) is 1. The summed E-state index contributed by atoms with van der Waals surface area (Å²) in [6, 6.07) is 0. The quantitative estimate of drug-likeness (QED) is 0.859. The molecule has 7 nitrogen and oxygen atoms in total. The number of aryl methyl sites for hydroxylation is 1. The fraction of sp³-hybridized carbons (Fsp3) is 0.333. The molecule has 0 amide bonds. The second kappa shape index (κ2) is 5.32. The smallest absolute Gasteiger partial charge is 0.351 e. The monoisotopic (exact) mass is 288 g/mol. The molecule has 2 aromatic rings. The van der Waals surface area contributed by atoms with Gasteiger partial charge in [0.1, 0.15) is 0 Å². The highest BCUT2D eigenvalue weighted by molar-refractivity contribution is 7.18. The summed E-state index contributed by atoms with van der Waals surface area (Å²) in [6.45, 7) is 2.04. The summed E-state index contributed by atoms with van der Waals surface area (Å²) in [5, 5.41) is 7.26. The van der Waals surface area contributed by atoms with Crippen LogP contribution in [0.1, 0.15) is 21.4 Å². The molecule has 0 spiro atoms. The number of nitrogens with zero attached hydrogens (tertiary/aromatic N) is 3. The molecule has 0 radical (unpaired) electrons. The molecule has 0 aliphatic heterocycles. The fourth-order valence-corrected chi connectivity index (χ4v) is 2.26. The third-order valence-electron chi connectivity index (χ3n) is 1.92. The van der Waals surface area contributed by atoms with E-state index in [1.54, 1.807) is 6.92 Å². The highest BCUT2D eigenvalue weighted by Crippen LogP contribution is 2.27. The number of nitrogens with one attached hydrogen (secondary N) is 1. The van der Waals surface area contributed by atoms with Crippen molar-refractivity contribution in [2.24, 2.45) is 0 Å². The number of hydrogen-bond acceptors (Lipinski definition) is 8. The minimum absolute atomic E-state index is 0.110. The SMILES string of the molecule is COC(=O)c1sc(NCc2noc(C)n2)nc1Cl. The van der Waals surface area contributed by atoms with E-state index in [4.69, 9.17) is 16.1 Å². The molecule has 0 saturated carbocycles. The Labute approximate surface area is 111 Å². The van der Waals surface area contributed by atoms with Gasteiger partial charge >= 0.3 is 5.97 Å². The van der Waals surface area contributed by atoms with Crippen LogP contribution in [-0.2, 0) is 11.3 Å². The normalized spacial score (nSPS) is 10.4. The molecule has 0 saturated heterocycles. The number of rotatable bonds is 4. The van der Waals surface area contributed by atoms with Crippen LogP contribution in [0, 0.1) is 6.92 Å². The Bertz CT molecular complexity index is 568. The molecular weight excluding hydrogens is 280 g/mol. The average Bonchev–Trinajstić information content (AvgIpc) is 2.92. The van der Waals surface area contributed by atoms with Gasteiger partial charge in [0.05, 0.1) is 13.7 Å². The number of carbonyl (C=O) groups excluding carboxylic acids is 1. The summed E-state index contributed by atoms with van der Waals surface area (Å²) in [5.74, 6) is 0.471. The maximum Gasteiger partial charge on any atom is 0.351 e. The lowest BCUT2D eigenvalue weighted by Crippen LogP contribution is -2.00. The molecule has 0 aromatic carbocycles. The van der Waals surface area contributed by atoms with Crippen LogP contribution in [0.3, 0.4) is 0 Å². The maximum absolute atomic E-state index is 11.3. The van der Waals surface area contributed by atoms with Gasteiger partial charge in [0.2, 0.25) is 5.89 Å². The summed E-state index contributed by atoms with van der Waals surface area (Å²) < 4.78 is 9.40. The maximum atomic E-state index is 11.3. The van der Waals surface area contributed by atoms with Crippen molar-refractivity contribution >= 4 is 34.0 Å². The van der Waals surface area contributed by atoms with Crippen molar-refractivity contribution in [2.75, 3.05) is 12.4 Å². The number of thiazole rings is 1. The van der Waals surface area contributed by atoms with Crippen molar-refractivity contribution in [2.45, 2.75) is 13.5 Å². The third kappa shape index (κ3) is 2.77. The molecule has 0 aliphatic rings. The highest BCUT2D eigenvalue weighted by Gasteiger charge is 2.17. The van der Waals surface area contributed by atoms with Crippen LogP contribution in [0.5, 0.6) is 0 Å². The Morgan fingerprint density at radius 2 is 2.33 bits per heavy atom. The van der Waals surface area contributed by atoms with E-state index in [9.17, 15) is 4.79 Å². The van der Waals surface area contributed by atoms with E-state index in [0.29, 0.717) is 23.4 Å². The number of methoxy groups -OCH3 is 1. The molecule has 0 unspecified atom stereocenters. The van der Waals surface area contributed by atoms with Crippen molar-refractivity contribution in [3.8, 4) is 0 Å². The first kappa shape index (κ1) is 12.8. The van der Waals surface area contributed by atoms with Crippen molar-refractivity contribution < 1.29 is 14.1 Å². The van der Waals surface area contributed by atoms with Crippen molar-refractivity contribution in [1.82, 2.24) is 15.1 Å². The lowest BCUT2D eigenvalue weighted by Gasteiger charge is -1.95. The number of aromatic nitrogens is 3. The first-order chi connectivity index (χ1) is 8.60. The molecular formula is C9H9ClN4O3S. The number of anilines is 1. The zero-order valence-corrected chi connectivity index (χ0v) is 11.1. The summed E-state index contributed by atoms with van der Waals surface area (Å²) in [6.07, 6.45) is 0. The summed E-state index contributed by atoms with van der Waals surface area (Å²) in [5.41, 5.74) is 0. The van der Waals surface area contributed by atoms with Gasteiger partial charge in [-0.15, -0.1) is 0 Å². The van der Waals surface area contributed by atoms with Crippen LogP contribution < -0.4 is 5.32 Å². The van der Waals surface area contributed by atoms with Crippen LogP contribution in [0.25, 0.3) is 0 Å². The molecule has 2 heterocycles. The highest BCUT2D eigenvalue weighted by atomic mass is 35.5. The number of esters is 1. The predicted molar refractivity (Wildman–Crippen MR) is 64.8 cm³/mol. The Balaban J connectivity index is 2.04. The van der Waals surface area contributed by atoms with Crippen LogP contribution in [0.4, 0.5) is 5.13 Å². The van der Waals surface area contributed by atoms with Crippen molar-refractivity contribution in [1.29, 1.82) is 0 Å². The molecule has 9 heteroatoms. The second-order valence-electron chi connectivity index (χ2n) is 3.21. The van der Waals surface area contributed by atoms with E-state index in [2.05, 4.69) is 25.2 Å². The standard InChI is InChI=1S/C9H9ClN4O3S/c1-4-12-5(14-17-4)3-11-9-13-7(10)6(18-9)8(15)16-2/h3H2,1-2H3,(H,11,13). The Hall–Kier alpha value is -1.67. The molecule has 96 valence electrons. The minimum Gasteiger partial charge on any atom is -0.465 e.